The van der Waals surface area contributed by atoms with Crippen LogP contribution in [0.4, 0.5) is 14.5 Å². The number of sulfonamides is 1. The van der Waals surface area contributed by atoms with Crippen LogP contribution < -0.4 is 10.5 Å². The molecule has 1 aromatic rings. The predicted octanol–water partition coefficient (Wildman–Crippen LogP) is 1.87. The van der Waals surface area contributed by atoms with Crippen molar-refractivity contribution >= 4 is 15.7 Å². The van der Waals surface area contributed by atoms with Crippen LogP contribution in [0, 0.1) is 17.6 Å². The van der Waals surface area contributed by atoms with Crippen LogP contribution in [0.15, 0.2) is 17.0 Å². The maximum absolute atomic E-state index is 13.4. The first-order valence-electron chi connectivity index (χ1n) is 5.48. The predicted molar refractivity (Wildman–Crippen MR) is 65.4 cm³/mol. The molecule has 0 spiro atoms. The molecular formula is C11H16F2N2O2S. The van der Waals surface area contributed by atoms with E-state index in [1.54, 1.807) is 0 Å². The highest BCUT2D eigenvalue weighted by atomic mass is 32.2. The highest BCUT2D eigenvalue weighted by molar-refractivity contribution is 7.89. The Balaban J connectivity index is 2.98. The van der Waals surface area contributed by atoms with Crippen molar-refractivity contribution in [2.24, 2.45) is 5.92 Å². The van der Waals surface area contributed by atoms with Gasteiger partial charge in [0.15, 0.2) is 11.6 Å². The molecule has 0 fully saturated rings. The van der Waals surface area contributed by atoms with E-state index in [1.807, 2.05) is 13.8 Å². The lowest BCUT2D eigenvalue weighted by Crippen LogP contribution is -2.27. The first-order chi connectivity index (χ1) is 8.24. The Morgan fingerprint density at radius 1 is 1.33 bits per heavy atom. The number of nitrogens with one attached hydrogen (secondary N) is 1. The zero-order valence-corrected chi connectivity index (χ0v) is 11.0. The van der Waals surface area contributed by atoms with Gasteiger partial charge in [0.05, 0.1) is 0 Å². The fourth-order valence-corrected chi connectivity index (χ4v) is 2.51. The quantitative estimate of drug-likeness (QED) is 0.808. The summed E-state index contributed by atoms with van der Waals surface area (Å²) in [6, 6.07) is 1.64. The molecule has 0 aliphatic rings. The molecule has 1 rings (SSSR count). The second-order valence-electron chi connectivity index (χ2n) is 4.40. The fraction of sp³-hybridized carbons (Fsp3) is 0.455. The Morgan fingerprint density at radius 3 is 2.50 bits per heavy atom. The standard InChI is InChI=1S/C11H16F2N2O2S/c1-7(2)3-4-15-18(16,17)10-6-8(14)5-9(12)11(10)13/h5-7,15H,3-4,14H2,1-2H3. The molecule has 0 heterocycles. The summed E-state index contributed by atoms with van der Waals surface area (Å²) in [5, 5.41) is 0. The summed E-state index contributed by atoms with van der Waals surface area (Å²) in [5.74, 6) is -2.39. The first-order valence-corrected chi connectivity index (χ1v) is 6.96. The average Bonchev–Trinajstić information content (AvgIpc) is 2.22. The molecule has 0 aliphatic heterocycles. The number of nitrogen functional groups attached to an aromatic ring is 1. The van der Waals surface area contributed by atoms with Gasteiger partial charge in [0, 0.05) is 12.2 Å². The molecule has 18 heavy (non-hydrogen) atoms. The third-order valence-electron chi connectivity index (χ3n) is 2.32. The molecule has 4 nitrogen and oxygen atoms in total. The molecule has 0 radical (unpaired) electrons. The molecule has 0 saturated carbocycles. The van der Waals surface area contributed by atoms with Crippen molar-refractivity contribution in [1.82, 2.24) is 4.72 Å². The van der Waals surface area contributed by atoms with Crippen LogP contribution in [0.1, 0.15) is 20.3 Å². The summed E-state index contributed by atoms with van der Waals surface area (Å²) in [6.07, 6.45) is 0.603. The molecule has 0 atom stereocenters. The van der Waals surface area contributed by atoms with Crippen LogP contribution in [-0.4, -0.2) is 15.0 Å². The van der Waals surface area contributed by atoms with Crippen LogP contribution in [-0.2, 0) is 10.0 Å². The van der Waals surface area contributed by atoms with Crippen molar-refractivity contribution < 1.29 is 17.2 Å². The molecule has 0 amide bonds. The first kappa shape index (κ1) is 14.8. The van der Waals surface area contributed by atoms with Gasteiger partial charge in [-0.05, 0) is 24.5 Å². The van der Waals surface area contributed by atoms with E-state index in [1.165, 1.54) is 0 Å². The van der Waals surface area contributed by atoms with Gasteiger partial charge in [-0.2, -0.15) is 0 Å². The van der Waals surface area contributed by atoms with Crippen molar-refractivity contribution in [3.63, 3.8) is 0 Å². The minimum Gasteiger partial charge on any atom is -0.399 e. The Labute approximate surface area is 105 Å². The molecule has 0 saturated heterocycles. The minimum atomic E-state index is -4.08. The summed E-state index contributed by atoms with van der Waals surface area (Å²) < 4.78 is 52.2. The lowest BCUT2D eigenvalue weighted by Gasteiger charge is -2.10. The molecule has 0 bridgehead atoms. The van der Waals surface area contributed by atoms with E-state index in [2.05, 4.69) is 4.72 Å². The topological polar surface area (TPSA) is 72.2 Å². The van der Waals surface area contributed by atoms with Crippen LogP contribution >= 0.6 is 0 Å². The van der Waals surface area contributed by atoms with E-state index in [0.29, 0.717) is 12.3 Å². The summed E-state index contributed by atoms with van der Waals surface area (Å²) in [4.78, 5) is -0.760. The monoisotopic (exact) mass is 278 g/mol. The largest absolute Gasteiger partial charge is 0.399 e. The average molecular weight is 278 g/mol. The van der Waals surface area contributed by atoms with Crippen molar-refractivity contribution in [3.8, 4) is 0 Å². The number of rotatable bonds is 5. The summed E-state index contributed by atoms with van der Waals surface area (Å²) >= 11 is 0. The molecule has 3 N–H and O–H groups in total. The van der Waals surface area contributed by atoms with Gasteiger partial charge < -0.3 is 5.73 Å². The van der Waals surface area contributed by atoms with E-state index in [9.17, 15) is 17.2 Å². The molecule has 0 aromatic heterocycles. The van der Waals surface area contributed by atoms with Crippen LogP contribution in [0.5, 0.6) is 0 Å². The van der Waals surface area contributed by atoms with Gasteiger partial charge in [-0.15, -0.1) is 0 Å². The zero-order valence-electron chi connectivity index (χ0n) is 10.2. The molecule has 102 valence electrons. The number of hydrogen-bond donors (Lipinski definition) is 2. The van der Waals surface area contributed by atoms with Gasteiger partial charge in [-0.1, -0.05) is 13.8 Å². The smallest absolute Gasteiger partial charge is 0.243 e. The van der Waals surface area contributed by atoms with Crippen molar-refractivity contribution in [2.45, 2.75) is 25.2 Å². The van der Waals surface area contributed by atoms with Crippen molar-refractivity contribution in [3.05, 3.63) is 23.8 Å². The molecule has 1 aromatic carbocycles. The third kappa shape index (κ3) is 3.64. The van der Waals surface area contributed by atoms with E-state index in [4.69, 9.17) is 5.73 Å². The normalized spacial score (nSPS) is 12.1. The van der Waals surface area contributed by atoms with Crippen molar-refractivity contribution in [1.29, 1.82) is 0 Å². The fourth-order valence-electron chi connectivity index (χ4n) is 1.34. The van der Waals surface area contributed by atoms with Gasteiger partial charge in [0.25, 0.3) is 0 Å². The van der Waals surface area contributed by atoms with E-state index >= 15 is 0 Å². The van der Waals surface area contributed by atoms with Crippen molar-refractivity contribution in [2.75, 3.05) is 12.3 Å². The second kappa shape index (κ2) is 5.62. The van der Waals surface area contributed by atoms with Gasteiger partial charge >= 0.3 is 0 Å². The number of nitrogens with two attached hydrogens (primary N) is 1. The van der Waals surface area contributed by atoms with Gasteiger partial charge in [-0.25, -0.2) is 21.9 Å². The van der Waals surface area contributed by atoms with Crippen LogP contribution in [0.3, 0.4) is 0 Å². The van der Waals surface area contributed by atoms with Crippen LogP contribution in [0.25, 0.3) is 0 Å². The van der Waals surface area contributed by atoms with E-state index in [0.717, 1.165) is 12.1 Å². The molecule has 7 heteroatoms. The Morgan fingerprint density at radius 2 is 1.94 bits per heavy atom. The summed E-state index contributed by atoms with van der Waals surface area (Å²) in [6.45, 7) is 4.01. The number of benzene rings is 1. The van der Waals surface area contributed by atoms with E-state index in [-0.39, 0.29) is 12.2 Å². The molecular weight excluding hydrogens is 262 g/mol. The number of hydrogen-bond acceptors (Lipinski definition) is 3. The molecule has 0 unspecified atom stereocenters. The zero-order chi connectivity index (χ0) is 13.9. The van der Waals surface area contributed by atoms with Gasteiger partial charge in [0.1, 0.15) is 4.90 Å². The summed E-state index contributed by atoms with van der Waals surface area (Å²) in [7, 11) is -4.08. The molecule has 0 aliphatic carbocycles. The lowest BCUT2D eigenvalue weighted by molar-refractivity contribution is 0.482. The SMILES string of the molecule is CC(C)CCNS(=O)(=O)c1cc(N)cc(F)c1F. The lowest BCUT2D eigenvalue weighted by atomic mass is 10.1. The maximum atomic E-state index is 13.4. The number of anilines is 1. The highest BCUT2D eigenvalue weighted by Gasteiger charge is 2.22. The maximum Gasteiger partial charge on any atom is 0.243 e. The Kier molecular flexibility index (Phi) is 4.64. The third-order valence-corrected chi connectivity index (χ3v) is 3.78. The van der Waals surface area contributed by atoms with Crippen LogP contribution in [0.2, 0.25) is 0 Å². The van der Waals surface area contributed by atoms with Gasteiger partial charge in [-0.3, -0.25) is 0 Å². The Bertz CT molecular complexity index is 530. The summed E-state index contributed by atoms with van der Waals surface area (Å²) in [5.41, 5.74) is 5.16. The van der Waals surface area contributed by atoms with E-state index < -0.39 is 26.6 Å². The van der Waals surface area contributed by atoms with Gasteiger partial charge in [0.2, 0.25) is 10.0 Å². The Hall–Kier alpha value is -1.21. The minimum absolute atomic E-state index is 0.141. The number of halogens is 2. The second-order valence-corrected chi connectivity index (χ2v) is 6.13. The highest BCUT2D eigenvalue weighted by Crippen LogP contribution is 2.20.